The molecule has 5 heteroatoms. The summed E-state index contributed by atoms with van der Waals surface area (Å²) >= 11 is 1.66. The first-order chi connectivity index (χ1) is 25.4. The molecule has 3 nitrogen and oxygen atoms in total. The summed E-state index contributed by atoms with van der Waals surface area (Å²) in [5, 5.41) is 4.79. The molecule has 0 atom stereocenters. The number of imidazole rings is 1. The Hall–Kier alpha value is -4.67. The number of pyridine rings is 1. The summed E-state index contributed by atoms with van der Waals surface area (Å²) in [6.45, 7) is 0.134. The second-order valence-electron chi connectivity index (χ2n) is 11.6. The van der Waals surface area contributed by atoms with E-state index >= 15 is 0 Å². The minimum atomic E-state index is -2.18. The number of nitrogens with zero attached hydrogens (tertiary/aromatic N) is 3. The Morgan fingerprint density at radius 2 is 1.52 bits per heavy atom. The van der Waals surface area contributed by atoms with Gasteiger partial charge < -0.3 is 9.55 Å². The van der Waals surface area contributed by atoms with E-state index in [0.29, 0.717) is 17.2 Å². The van der Waals surface area contributed by atoms with E-state index in [1.54, 1.807) is 23.5 Å². The van der Waals surface area contributed by atoms with Gasteiger partial charge >= 0.3 is 0 Å². The molecular weight excluding hydrogens is 783 g/mol. The summed E-state index contributed by atoms with van der Waals surface area (Å²) in [5.74, 6) is 1.42. The SMILES string of the molecule is CC(C)c1ccc2s[c-]c(-c3nc4ccccc4n3-c3ccc(-c4ccccc4)cc3)c2c1.[2H]C([2H])([2H])c1c[c-]c(-c2ccc(C([2H])([2H])[2H])cn2)cc1.[Ir]. The third-order valence-electron chi connectivity index (χ3n) is 8.07. The van der Waals surface area contributed by atoms with E-state index in [-0.39, 0.29) is 31.2 Å². The molecule has 239 valence electrons. The summed E-state index contributed by atoms with van der Waals surface area (Å²) in [6.07, 6.45) is 1.30. The second kappa shape index (κ2) is 14.6. The number of thiophene rings is 1. The smallest absolute Gasteiger partial charge is 0.0774 e. The Labute approximate surface area is 308 Å². The standard InChI is InChI=1S/C30H23N2S.C13H12N.Ir/c1-20(2)23-14-17-29-25(18-23)26(19-33-29)30-31-27-10-6-7-11-28(27)32(30)24-15-12-22(13-16-24)21-8-4-3-5-9-21;1-10-3-6-12(7-4-10)13-8-5-11(2)9-14-13;/h3-18,20H,1-2H3;3-6,8-9H,1-2H3;/q2*-1;/i;1D3,2D3;. The van der Waals surface area contributed by atoms with E-state index in [2.05, 4.69) is 120 Å². The van der Waals surface area contributed by atoms with Gasteiger partial charge in [-0.25, -0.2) is 0 Å². The first-order valence-electron chi connectivity index (χ1n) is 18.4. The minimum absolute atomic E-state index is 0. The van der Waals surface area contributed by atoms with Crippen LogP contribution in [0, 0.1) is 25.2 Å². The van der Waals surface area contributed by atoms with E-state index in [1.165, 1.54) is 51.2 Å². The van der Waals surface area contributed by atoms with Crippen molar-refractivity contribution in [3.05, 3.63) is 162 Å². The number of fused-ring (bicyclic) bond motifs is 2. The fraction of sp³-hybridized carbons (Fsp3) is 0.116. The van der Waals surface area contributed by atoms with Gasteiger partial charge in [0.05, 0.1) is 16.9 Å². The Kier molecular flexibility index (Phi) is 8.01. The Balaban J connectivity index is 0.000000205. The van der Waals surface area contributed by atoms with E-state index in [1.807, 2.05) is 12.1 Å². The van der Waals surface area contributed by atoms with Gasteiger partial charge in [0.2, 0.25) is 0 Å². The van der Waals surface area contributed by atoms with Gasteiger partial charge in [0.25, 0.3) is 0 Å². The summed E-state index contributed by atoms with van der Waals surface area (Å²) < 4.78 is 47.2. The van der Waals surface area contributed by atoms with Crippen LogP contribution in [0.1, 0.15) is 44.7 Å². The number of aryl methyl sites for hydroxylation is 2. The molecule has 0 unspecified atom stereocenters. The molecule has 48 heavy (non-hydrogen) atoms. The Bertz CT molecular complexity index is 2430. The largest absolute Gasteiger partial charge is 0.333 e. The first kappa shape index (κ1) is 26.3. The van der Waals surface area contributed by atoms with Gasteiger partial charge in [-0.1, -0.05) is 121 Å². The molecule has 8 rings (SSSR count). The van der Waals surface area contributed by atoms with Crippen molar-refractivity contribution in [2.45, 2.75) is 33.5 Å². The number of benzene rings is 5. The summed E-state index contributed by atoms with van der Waals surface area (Å²) in [4.78, 5) is 9.15. The molecule has 0 amide bonds. The van der Waals surface area contributed by atoms with Crippen molar-refractivity contribution < 1.29 is 28.3 Å². The van der Waals surface area contributed by atoms with Gasteiger partial charge in [-0.3, -0.25) is 16.3 Å². The molecule has 0 aliphatic carbocycles. The minimum Gasteiger partial charge on any atom is -0.333 e. The molecule has 0 spiro atoms. The molecule has 0 saturated heterocycles. The molecule has 0 aliphatic heterocycles. The van der Waals surface area contributed by atoms with Crippen LogP contribution in [0.3, 0.4) is 0 Å². The van der Waals surface area contributed by atoms with E-state index < -0.39 is 13.7 Å². The quantitative estimate of drug-likeness (QED) is 0.162. The molecule has 1 radical (unpaired) electrons. The van der Waals surface area contributed by atoms with Gasteiger partial charge in [0.15, 0.2) is 0 Å². The van der Waals surface area contributed by atoms with Gasteiger partial charge in [-0.05, 0) is 59.4 Å². The van der Waals surface area contributed by atoms with Crippen LogP contribution < -0.4 is 0 Å². The predicted octanol–water partition coefficient (Wildman–Crippen LogP) is 11.7. The maximum absolute atomic E-state index is 7.28. The zero-order valence-corrected chi connectivity index (χ0v) is 29.6. The Morgan fingerprint density at radius 1 is 0.771 bits per heavy atom. The van der Waals surface area contributed by atoms with Crippen molar-refractivity contribution in [3.8, 4) is 39.5 Å². The van der Waals surface area contributed by atoms with Gasteiger partial charge in [-0.15, -0.1) is 46.8 Å². The monoisotopic (exact) mass is 824 g/mol. The average molecular weight is 824 g/mol. The molecule has 0 saturated carbocycles. The number of para-hydroxylation sites is 2. The van der Waals surface area contributed by atoms with E-state index in [0.717, 1.165) is 28.1 Å². The fourth-order valence-electron chi connectivity index (χ4n) is 5.54. The molecule has 8 aromatic rings. The van der Waals surface area contributed by atoms with Crippen LogP contribution in [0.25, 0.3) is 60.6 Å². The number of rotatable bonds is 5. The molecule has 0 bridgehead atoms. The van der Waals surface area contributed by atoms with Gasteiger partial charge in [0, 0.05) is 40.2 Å². The van der Waals surface area contributed by atoms with Crippen LogP contribution >= 0.6 is 11.3 Å². The fourth-order valence-corrected chi connectivity index (χ4v) is 6.36. The maximum atomic E-state index is 7.28. The van der Waals surface area contributed by atoms with Crippen LogP contribution in [0.15, 0.2) is 134 Å². The van der Waals surface area contributed by atoms with Crippen molar-refractivity contribution in [1.29, 1.82) is 0 Å². The number of aromatic nitrogens is 3. The van der Waals surface area contributed by atoms with Crippen molar-refractivity contribution in [2.24, 2.45) is 0 Å². The van der Waals surface area contributed by atoms with Crippen molar-refractivity contribution in [3.63, 3.8) is 0 Å². The number of hydrogen-bond acceptors (Lipinski definition) is 3. The third kappa shape index (κ3) is 6.95. The topological polar surface area (TPSA) is 30.7 Å². The second-order valence-corrected chi connectivity index (χ2v) is 12.4. The summed E-state index contributed by atoms with van der Waals surface area (Å²) in [6, 6.07) is 44.8. The summed E-state index contributed by atoms with van der Waals surface area (Å²) in [7, 11) is 0. The molecule has 3 heterocycles. The van der Waals surface area contributed by atoms with E-state index in [4.69, 9.17) is 13.2 Å². The van der Waals surface area contributed by atoms with Crippen LogP contribution in [0.5, 0.6) is 0 Å². The zero-order chi connectivity index (χ0) is 37.3. The van der Waals surface area contributed by atoms with Crippen LogP contribution in [-0.4, -0.2) is 14.5 Å². The maximum Gasteiger partial charge on any atom is 0.0774 e. The van der Waals surface area contributed by atoms with Crippen LogP contribution in [0.4, 0.5) is 0 Å². The van der Waals surface area contributed by atoms with Crippen molar-refractivity contribution in [2.75, 3.05) is 0 Å². The molecule has 5 aromatic carbocycles. The van der Waals surface area contributed by atoms with Crippen molar-refractivity contribution >= 4 is 32.5 Å². The number of hydrogen-bond donors (Lipinski definition) is 0. The van der Waals surface area contributed by atoms with Crippen molar-refractivity contribution in [1.82, 2.24) is 14.5 Å². The van der Waals surface area contributed by atoms with Crippen LogP contribution in [0.2, 0.25) is 0 Å². The molecule has 0 N–H and O–H groups in total. The van der Waals surface area contributed by atoms with Gasteiger partial charge in [0.1, 0.15) is 0 Å². The molecule has 3 aromatic heterocycles. The van der Waals surface area contributed by atoms with Gasteiger partial charge in [-0.2, -0.15) is 0 Å². The Morgan fingerprint density at radius 3 is 2.23 bits per heavy atom. The normalized spacial score (nSPS) is 13.3. The summed E-state index contributed by atoms with van der Waals surface area (Å²) in [5.41, 5.74) is 9.58. The molecular formula is C43H35IrN3S-2. The van der Waals surface area contributed by atoms with Crippen LogP contribution in [-0.2, 0) is 20.1 Å². The first-order valence-corrected chi connectivity index (χ1v) is 16.3. The third-order valence-corrected chi connectivity index (χ3v) is 8.95. The van der Waals surface area contributed by atoms with E-state index in [9.17, 15) is 0 Å². The predicted molar refractivity (Wildman–Crippen MR) is 198 cm³/mol. The zero-order valence-electron chi connectivity index (χ0n) is 32.4. The molecule has 0 aliphatic rings. The molecule has 0 fully saturated rings. The average Bonchev–Trinajstić information content (AvgIpc) is 3.76.